The maximum atomic E-state index is 12.0. The van der Waals surface area contributed by atoms with Crippen molar-refractivity contribution in [1.29, 1.82) is 0 Å². The van der Waals surface area contributed by atoms with Crippen LogP contribution in [0.4, 0.5) is 0 Å². The van der Waals surface area contributed by atoms with E-state index in [2.05, 4.69) is 15.2 Å². The molecule has 3 heterocycles. The summed E-state index contributed by atoms with van der Waals surface area (Å²) in [7, 11) is 0. The highest BCUT2D eigenvalue weighted by molar-refractivity contribution is 7.98. The van der Waals surface area contributed by atoms with E-state index >= 15 is 0 Å². The van der Waals surface area contributed by atoms with Gasteiger partial charge in [0.25, 0.3) is 5.22 Å². The van der Waals surface area contributed by atoms with Crippen LogP contribution in [-0.2, 0) is 12.2 Å². The van der Waals surface area contributed by atoms with Gasteiger partial charge in [-0.2, -0.15) is 0 Å². The Morgan fingerprint density at radius 1 is 1.10 bits per heavy atom. The summed E-state index contributed by atoms with van der Waals surface area (Å²) in [6.45, 7) is 1.97. The first kappa shape index (κ1) is 18.1. The number of rotatable bonds is 5. The average molecular weight is 422 g/mol. The fourth-order valence-corrected chi connectivity index (χ4v) is 4.66. The first-order valence-electron chi connectivity index (χ1n) is 8.96. The molecule has 0 spiro atoms. The Kier molecular flexibility index (Phi) is 4.65. The summed E-state index contributed by atoms with van der Waals surface area (Å²) in [4.78, 5) is 16.4. The second-order valence-corrected chi connectivity index (χ2v) is 8.52. The topological polar surface area (TPSA) is 82.0 Å². The molecule has 0 saturated carbocycles. The van der Waals surface area contributed by atoms with Gasteiger partial charge in [-0.3, -0.25) is 0 Å². The van der Waals surface area contributed by atoms with E-state index in [9.17, 15) is 4.79 Å². The average Bonchev–Trinajstić information content (AvgIpc) is 3.34. The predicted molar refractivity (Wildman–Crippen MR) is 114 cm³/mol. The second-order valence-electron chi connectivity index (χ2n) is 6.54. The standard InChI is InChI=1S/C21H15N3O3S2/c1-12-22-15(11-28-12)9-18-23-24-21(27-18)29-10-14-8-19(25)26-17-7-6-13-4-2-3-5-16(13)20(14)17/h2-8,11H,9-10H2,1H3. The van der Waals surface area contributed by atoms with Gasteiger partial charge in [0.05, 0.1) is 17.1 Å². The van der Waals surface area contributed by atoms with E-state index in [1.807, 2.05) is 48.7 Å². The number of benzene rings is 2. The van der Waals surface area contributed by atoms with E-state index in [-0.39, 0.29) is 5.63 Å². The van der Waals surface area contributed by atoms with Crippen LogP contribution >= 0.6 is 23.1 Å². The molecule has 2 aromatic carbocycles. The minimum absolute atomic E-state index is 0.367. The summed E-state index contributed by atoms with van der Waals surface area (Å²) in [5.74, 6) is 1.05. The highest BCUT2D eigenvalue weighted by Crippen LogP contribution is 2.31. The number of fused-ring (bicyclic) bond motifs is 3. The van der Waals surface area contributed by atoms with E-state index in [1.54, 1.807) is 11.3 Å². The summed E-state index contributed by atoms with van der Waals surface area (Å²) < 4.78 is 11.2. The zero-order chi connectivity index (χ0) is 19.8. The van der Waals surface area contributed by atoms with Gasteiger partial charge in [0.1, 0.15) is 5.58 Å². The molecule has 0 fully saturated rings. The van der Waals surface area contributed by atoms with Crippen molar-refractivity contribution in [2.24, 2.45) is 0 Å². The van der Waals surface area contributed by atoms with Crippen molar-refractivity contribution in [2.75, 3.05) is 0 Å². The fraction of sp³-hybridized carbons (Fsp3) is 0.143. The molecule has 0 saturated heterocycles. The Hall–Kier alpha value is -2.97. The van der Waals surface area contributed by atoms with E-state index in [1.165, 1.54) is 17.8 Å². The van der Waals surface area contributed by atoms with Crippen LogP contribution in [0.5, 0.6) is 0 Å². The van der Waals surface area contributed by atoms with Crippen molar-refractivity contribution in [3.05, 3.63) is 80.4 Å². The molecule has 0 amide bonds. The molecule has 144 valence electrons. The molecule has 0 N–H and O–H groups in total. The third kappa shape index (κ3) is 3.68. The molecule has 0 aliphatic rings. The highest BCUT2D eigenvalue weighted by atomic mass is 32.2. The molecule has 8 heteroatoms. The molecule has 5 rings (SSSR count). The van der Waals surface area contributed by atoms with Crippen molar-refractivity contribution >= 4 is 44.8 Å². The van der Waals surface area contributed by atoms with Crippen LogP contribution in [0, 0.1) is 6.92 Å². The van der Waals surface area contributed by atoms with Crippen LogP contribution in [0.2, 0.25) is 0 Å². The molecule has 6 nitrogen and oxygen atoms in total. The highest BCUT2D eigenvalue weighted by Gasteiger charge is 2.13. The van der Waals surface area contributed by atoms with Gasteiger partial charge < -0.3 is 8.83 Å². The fourth-order valence-electron chi connectivity index (χ4n) is 3.29. The van der Waals surface area contributed by atoms with Crippen molar-refractivity contribution in [3.8, 4) is 0 Å². The Morgan fingerprint density at radius 2 is 2.00 bits per heavy atom. The number of hydrogen-bond acceptors (Lipinski definition) is 8. The molecular formula is C21H15N3O3S2. The normalized spacial score (nSPS) is 11.5. The summed E-state index contributed by atoms with van der Waals surface area (Å²) in [5.41, 5.74) is 2.02. The SMILES string of the molecule is Cc1nc(Cc2nnc(SCc3cc(=O)oc4ccc5ccccc5c34)o2)cs1. The molecule has 0 unspecified atom stereocenters. The largest absolute Gasteiger partial charge is 0.423 e. The molecule has 0 bridgehead atoms. The summed E-state index contributed by atoms with van der Waals surface area (Å²) in [5, 5.41) is 14.8. The molecule has 29 heavy (non-hydrogen) atoms. The number of aryl methyl sites for hydroxylation is 1. The van der Waals surface area contributed by atoms with E-state index in [0.29, 0.717) is 28.9 Å². The Labute approximate surface area is 173 Å². The van der Waals surface area contributed by atoms with Gasteiger partial charge in [-0.05, 0) is 29.3 Å². The summed E-state index contributed by atoms with van der Waals surface area (Å²) in [6, 6.07) is 13.4. The van der Waals surface area contributed by atoms with Crippen LogP contribution in [0.15, 0.2) is 66.7 Å². The first-order chi connectivity index (χ1) is 14.2. The minimum Gasteiger partial charge on any atom is -0.423 e. The number of nitrogens with zero attached hydrogens (tertiary/aromatic N) is 3. The van der Waals surface area contributed by atoms with E-state index in [0.717, 1.165) is 32.4 Å². The molecule has 0 atom stereocenters. The third-order valence-corrected chi connectivity index (χ3v) is 6.20. The van der Waals surface area contributed by atoms with Crippen LogP contribution in [0.1, 0.15) is 22.2 Å². The van der Waals surface area contributed by atoms with Crippen molar-refractivity contribution < 1.29 is 8.83 Å². The quantitative estimate of drug-likeness (QED) is 0.225. The van der Waals surface area contributed by atoms with Gasteiger partial charge in [-0.15, -0.1) is 21.5 Å². The molecule has 0 aliphatic heterocycles. The molecule has 0 aliphatic carbocycles. The third-order valence-electron chi connectivity index (χ3n) is 4.51. The first-order valence-corrected chi connectivity index (χ1v) is 10.8. The van der Waals surface area contributed by atoms with Gasteiger partial charge >= 0.3 is 5.63 Å². The van der Waals surface area contributed by atoms with Gasteiger partial charge in [0, 0.05) is 22.6 Å². The number of hydrogen-bond donors (Lipinski definition) is 0. The lowest BCUT2D eigenvalue weighted by Crippen LogP contribution is -2.00. The van der Waals surface area contributed by atoms with Crippen LogP contribution < -0.4 is 5.63 Å². The number of thioether (sulfide) groups is 1. The molecule has 3 aromatic heterocycles. The molecular weight excluding hydrogens is 406 g/mol. The molecule has 0 radical (unpaired) electrons. The summed E-state index contributed by atoms with van der Waals surface area (Å²) in [6.07, 6.45) is 0.514. The van der Waals surface area contributed by atoms with E-state index < -0.39 is 0 Å². The number of thiazole rings is 1. The predicted octanol–water partition coefficient (Wildman–Crippen LogP) is 4.98. The lowest BCUT2D eigenvalue weighted by atomic mass is 10.0. The maximum Gasteiger partial charge on any atom is 0.336 e. The molecule has 5 aromatic rings. The smallest absolute Gasteiger partial charge is 0.336 e. The van der Waals surface area contributed by atoms with Crippen LogP contribution in [-0.4, -0.2) is 15.2 Å². The maximum absolute atomic E-state index is 12.0. The Bertz CT molecular complexity index is 1390. The van der Waals surface area contributed by atoms with Crippen LogP contribution in [0.25, 0.3) is 21.7 Å². The van der Waals surface area contributed by atoms with Gasteiger partial charge in [0.2, 0.25) is 5.89 Å². The van der Waals surface area contributed by atoms with Gasteiger partial charge in [-0.1, -0.05) is 42.1 Å². The summed E-state index contributed by atoms with van der Waals surface area (Å²) >= 11 is 3.00. The minimum atomic E-state index is -0.367. The van der Waals surface area contributed by atoms with Crippen molar-refractivity contribution in [2.45, 2.75) is 24.3 Å². The van der Waals surface area contributed by atoms with Crippen molar-refractivity contribution in [1.82, 2.24) is 15.2 Å². The van der Waals surface area contributed by atoms with E-state index in [4.69, 9.17) is 8.83 Å². The monoisotopic (exact) mass is 421 g/mol. The van der Waals surface area contributed by atoms with Crippen molar-refractivity contribution in [3.63, 3.8) is 0 Å². The second kappa shape index (κ2) is 7.46. The van der Waals surface area contributed by atoms with Gasteiger partial charge in [-0.25, -0.2) is 9.78 Å². The zero-order valence-corrected chi connectivity index (χ0v) is 17.0. The van der Waals surface area contributed by atoms with Gasteiger partial charge in [0.15, 0.2) is 0 Å². The number of aromatic nitrogens is 3. The zero-order valence-electron chi connectivity index (χ0n) is 15.4. The van der Waals surface area contributed by atoms with Crippen LogP contribution in [0.3, 0.4) is 0 Å². The Balaban J connectivity index is 1.43. The lowest BCUT2D eigenvalue weighted by Gasteiger charge is -2.07. The Morgan fingerprint density at radius 3 is 2.86 bits per heavy atom. The lowest BCUT2D eigenvalue weighted by molar-refractivity contribution is 0.419.